The van der Waals surface area contributed by atoms with Crippen LogP contribution in [0.1, 0.15) is 36.5 Å². The van der Waals surface area contributed by atoms with E-state index in [0.717, 1.165) is 34.0 Å². The van der Waals surface area contributed by atoms with Crippen molar-refractivity contribution in [2.75, 3.05) is 13.1 Å². The van der Waals surface area contributed by atoms with Gasteiger partial charge in [-0.15, -0.1) is 0 Å². The Hall–Kier alpha value is -0.350. The van der Waals surface area contributed by atoms with E-state index in [1.165, 1.54) is 12.8 Å². The minimum Gasteiger partial charge on any atom is -0.338 e. The van der Waals surface area contributed by atoms with Gasteiger partial charge < -0.3 is 4.90 Å². The van der Waals surface area contributed by atoms with Gasteiger partial charge in [0.25, 0.3) is 5.91 Å². The molecule has 0 N–H and O–H groups in total. The van der Waals surface area contributed by atoms with E-state index < -0.39 is 0 Å². The topological polar surface area (TPSA) is 20.3 Å². The van der Waals surface area contributed by atoms with Crippen molar-refractivity contribution in [3.63, 3.8) is 0 Å². The minimum atomic E-state index is 0.141. The SMILES string of the molecule is CCCC1CCN(C(=O)c2cc(Br)ccc2Br)C1. The van der Waals surface area contributed by atoms with Gasteiger partial charge in [-0.25, -0.2) is 0 Å². The number of rotatable bonds is 3. The van der Waals surface area contributed by atoms with Crippen LogP contribution in [-0.4, -0.2) is 23.9 Å². The first-order chi connectivity index (χ1) is 8.61. The summed E-state index contributed by atoms with van der Waals surface area (Å²) in [6, 6.07) is 5.74. The van der Waals surface area contributed by atoms with Crippen LogP contribution in [0.5, 0.6) is 0 Å². The predicted octanol–water partition coefficient (Wildman–Crippen LogP) is 4.47. The molecule has 1 aromatic carbocycles. The number of benzene rings is 1. The Labute approximate surface area is 125 Å². The highest BCUT2D eigenvalue weighted by molar-refractivity contribution is 9.11. The summed E-state index contributed by atoms with van der Waals surface area (Å²) in [5, 5.41) is 0. The lowest BCUT2D eigenvalue weighted by atomic mass is 10.0. The number of hydrogen-bond acceptors (Lipinski definition) is 1. The van der Waals surface area contributed by atoms with Crippen LogP contribution in [0.15, 0.2) is 27.1 Å². The Balaban J connectivity index is 2.10. The van der Waals surface area contributed by atoms with Crippen molar-refractivity contribution in [3.8, 4) is 0 Å². The van der Waals surface area contributed by atoms with Crippen LogP contribution in [-0.2, 0) is 0 Å². The molecular weight excluding hydrogens is 358 g/mol. The largest absolute Gasteiger partial charge is 0.338 e. The van der Waals surface area contributed by atoms with Gasteiger partial charge in [-0.1, -0.05) is 29.3 Å². The summed E-state index contributed by atoms with van der Waals surface area (Å²) in [6.45, 7) is 4.00. The summed E-state index contributed by atoms with van der Waals surface area (Å²) in [5.74, 6) is 0.826. The van der Waals surface area contributed by atoms with Gasteiger partial charge in [-0.2, -0.15) is 0 Å². The maximum Gasteiger partial charge on any atom is 0.255 e. The van der Waals surface area contributed by atoms with Crippen molar-refractivity contribution >= 4 is 37.8 Å². The fourth-order valence-corrected chi connectivity index (χ4v) is 3.27. The first kappa shape index (κ1) is 14.1. The van der Waals surface area contributed by atoms with Crippen molar-refractivity contribution in [1.29, 1.82) is 0 Å². The van der Waals surface area contributed by atoms with E-state index in [4.69, 9.17) is 0 Å². The molecule has 0 aromatic heterocycles. The highest BCUT2D eigenvalue weighted by Gasteiger charge is 2.27. The fourth-order valence-electron chi connectivity index (χ4n) is 2.49. The van der Waals surface area contributed by atoms with E-state index in [1.54, 1.807) is 0 Å². The van der Waals surface area contributed by atoms with Crippen molar-refractivity contribution in [1.82, 2.24) is 4.90 Å². The molecule has 1 fully saturated rings. The smallest absolute Gasteiger partial charge is 0.255 e. The normalized spacial score (nSPS) is 19.3. The van der Waals surface area contributed by atoms with Crippen LogP contribution in [0.3, 0.4) is 0 Å². The van der Waals surface area contributed by atoms with Crippen LogP contribution in [0.25, 0.3) is 0 Å². The second-order valence-corrected chi connectivity index (χ2v) is 6.59. The molecule has 0 spiro atoms. The van der Waals surface area contributed by atoms with Crippen molar-refractivity contribution in [2.24, 2.45) is 5.92 Å². The van der Waals surface area contributed by atoms with Crippen LogP contribution in [0, 0.1) is 5.92 Å². The van der Waals surface area contributed by atoms with Crippen LogP contribution >= 0.6 is 31.9 Å². The second-order valence-electron chi connectivity index (χ2n) is 4.82. The molecule has 1 aliphatic heterocycles. The van der Waals surface area contributed by atoms with Crippen molar-refractivity contribution < 1.29 is 4.79 Å². The number of nitrogens with zero attached hydrogens (tertiary/aromatic N) is 1. The zero-order valence-electron chi connectivity index (χ0n) is 10.5. The molecule has 98 valence electrons. The van der Waals surface area contributed by atoms with Gasteiger partial charge >= 0.3 is 0 Å². The Morgan fingerprint density at radius 2 is 2.22 bits per heavy atom. The summed E-state index contributed by atoms with van der Waals surface area (Å²) in [6.07, 6.45) is 3.57. The van der Waals surface area contributed by atoms with E-state index in [-0.39, 0.29) is 5.91 Å². The molecule has 1 saturated heterocycles. The zero-order valence-corrected chi connectivity index (χ0v) is 13.6. The molecule has 1 heterocycles. The minimum absolute atomic E-state index is 0.141. The van der Waals surface area contributed by atoms with Gasteiger partial charge in [-0.05, 0) is 52.9 Å². The lowest BCUT2D eigenvalue weighted by Crippen LogP contribution is -2.29. The average molecular weight is 375 g/mol. The maximum atomic E-state index is 12.4. The molecule has 0 aliphatic carbocycles. The van der Waals surface area contributed by atoms with Gasteiger partial charge in [-0.3, -0.25) is 4.79 Å². The third kappa shape index (κ3) is 3.15. The predicted molar refractivity (Wildman–Crippen MR) is 80.8 cm³/mol. The van der Waals surface area contributed by atoms with Gasteiger partial charge in [0.1, 0.15) is 0 Å². The molecule has 1 aromatic rings. The van der Waals surface area contributed by atoms with E-state index in [9.17, 15) is 4.79 Å². The Morgan fingerprint density at radius 3 is 2.94 bits per heavy atom. The lowest BCUT2D eigenvalue weighted by Gasteiger charge is -2.17. The quantitative estimate of drug-likeness (QED) is 0.764. The van der Waals surface area contributed by atoms with Gasteiger partial charge in [0.05, 0.1) is 5.56 Å². The first-order valence-electron chi connectivity index (χ1n) is 6.36. The monoisotopic (exact) mass is 373 g/mol. The molecule has 18 heavy (non-hydrogen) atoms. The standard InChI is InChI=1S/C14H17Br2NO/c1-2-3-10-6-7-17(9-10)14(18)12-8-11(15)4-5-13(12)16/h4-5,8,10H,2-3,6-7,9H2,1H3. The molecule has 4 heteroatoms. The molecule has 1 unspecified atom stereocenters. The summed E-state index contributed by atoms with van der Waals surface area (Å²) >= 11 is 6.87. The second kappa shape index (κ2) is 6.20. The highest BCUT2D eigenvalue weighted by Crippen LogP contribution is 2.27. The Bertz CT molecular complexity index is 447. The fraction of sp³-hybridized carbons (Fsp3) is 0.500. The van der Waals surface area contributed by atoms with Crippen LogP contribution in [0.4, 0.5) is 0 Å². The summed E-state index contributed by atoms with van der Waals surface area (Å²) in [7, 11) is 0. The molecule has 1 atom stereocenters. The Kier molecular flexibility index (Phi) is 4.84. The summed E-state index contributed by atoms with van der Waals surface area (Å²) in [5.41, 5.74) is 0.751. The van der Waals surface area contributed by atoms with Gasteiger partial charge in [0.15, 0.2) is 0 Å². The highest BCUT2D eigenvalue weighted by atomic mass is 79.9. The Morgan fingerprint density at radius 1 is 1.44 bits per heavy atom. The van der Waals surface area contributed by atoms with E-state index in [0.29, 0.717) is 5.92 Å². The van der Waals surface area contributed by atoms with E-state index >= 15 is 0 Å². The number of carbonyl (C=O) groups is 1. The van der Waals surface area contributed by atoms with Crippen molar-refractivity contribution in [2.45, 2.75) is 26.2 Å². The van der Waals surface area contributed by atoms with Gasteiger partial charge in [0, 0.05) is 22.0 Å². The third-order valence-electron chi connectivity index (χ3n) is 3.43. The average Bonchev–Trinajstić information content (AvgIpc) is 2.80. The molecular formula is C14H17Br2NO. The number of amides is 1. The van der Waals surface area contributed by atoms with E-state index in [1.807, 2.05) is 23.1 Å². The molecule has 0 saturated carbocycles. The summed E-state index contributed by atoms with van der Waals surface area (Å²) < 4.78 is 1.81. The molecule has 0 bridgehead atoms. The third-order valence-corrected chi connectivity index (χ3v) is 4.61. The molecule has 0 radical (unpaired) electrons. The molecule has 2 nitrogen and oxygen atoms in total. The zero-order chi connectivity index (χ0) is 13.1. The number of carbonyl (C=O) groups excluding carboxylic acids is 1. The molecule has 2 rings (SSSR count). The van der Waals surface area contributed by atoms with Crippen LogP contribution < -0.4 is 0 Å². The summed E-state index contributed by atoms with van der Waals surface area (Å²) in [4.78, 5) is 14.4. The molecule has 1 amide bonds. The van der Waals surface area contributed by atoms with Crippen molar-refractivity contribution in [3.05, 3.63) is 32.7 Å². The molecule has 1 aliphatic rings. The lowest BCUT2D eigenvalue weighted by molar-refractivity contribution is 0.0785. The number of halogens is 2. The first-order valence-corrected chi connectivity index (χ1v) is 7.94. The number of hydrogen-bond donors (Lipinski definition) is 0. The van der Waals surface area contributed by atoms with Gasteiger partial charge in [0.2, 0.25) is 0 Å². The maximum absolute atomic E-state index is 12.4. The van der Waals surface area contributed by atoms with E-state index in [2.05, 4.69) is 38.8 Å². The van der Waals surface area contributed by atoms with Crippen LogP contribution in [0.2, 0.25) is 0 Å². The number of likely N-dealkylation sites (tertiary alicyclic amines) is 1.